The molecule has 0 N–H and O–H groups in total. The molecule has 1 saturated carbocycles. The Kier molecular flexibility index (Phi) is 2.65. The maximum atomic E-state index is 4.47. The maximum Gasteiger partial charge on any atom is 0.00795 e. The molecule has 0 spiro atoms. The normalized spacial score (nSPS) is 36.1. The van der Waals surface area contributed by atoms with Crippen LogP contribution in [0.5, 0.6) is 0 Å². The van der Waals surface area contributed by atoms with Gasteiger partial charge in [-0.2, -0.15) is 12.6 Å². The van der Waals surface area contributed by atoms with Crippen molar-refractivity contribution >= 4 is 12.6 Å². The minimum Gasteiger partial charge on any atom is -0.175 e. The summed E-state index contributed by atoms with van der Waals surface area (Å²) in [6, 6.07) is 0. The van der Waals surface area contributed by atoms with E-state index in [-0.39, 0.29) is 0 Å². The van der Waals surface area contributed by atoms with Gasteiger partial charge in [-0.15, -0.1) is 6.58 Å². The lowest BCUT2D eigenvalue weighted by atomic mass is 9.89. The molecule has 0 amide bonds. The number of rotatable bonds is 1. The highest BCUT2D eigenvalue weighted by Crippen LogP contribution is 2.28. The molecule has 1 aliphatic rings. The molecule has 0 nitrogen and oxygen atoms in total. The molecule has 0 aromatic carbocycles. The zero-order valence-electron chi connectivity index (χ0n) is 5.71. The molecule has 9 heavy (non-hydrogen) atoms. The first-order valence-corrected chi connectivity index (χ1v) is 4.17. The van der Waals surface area contributed by atoms with E-state index < -0.39 is 0 Å². The van der Waals surface area contributed by atoms with Crippen molar-refractivity contribution in [1.82, 2.24) is 0 Å². The van der Waals surface area contributed by atoms with Crippen molar-refractivity contribution in [2.24, 2.45) is 5.92 Å². The molecule has 0 aromatic heterocycles. The highest BCUT2D eigenvalue weighted by atomic mass is 32.1. The van der Waals surface area contributed by atoms with E-state index in [0.717, 1.165) is 0 Å². The van der Waals surface area contributed by atoms with Gasteiger partial charge in [-0.1, -0.05) is 18.9 Å². The van der Waals surface area contributed by atoms with E-state index >= 15 is 0 Å². The third-order valence-corrected chi connectivity index (χ3v) is 2.73. The average Bonchev–Trinajstić information content (AvgIpc) is 1.89. The van der Waals surface area contributed by atoms with Gasteiger partial charge in [0.25, 0.3) is 0 Å². The summed E-state index contributed by atoms with van der Waals surface area (Å²) in [5.74, 6) is 0.682. The molecule has 1 fully saturated rings. The molecule has 0 saturated heterocycles. The van der Waals surface area contributed by atoms with Crippen LogP contribution in [0.4, 0.5) is 0 Å². The first-order chi connectivity index (χ1) is 4.34. The second-order valence-electron chi connectivity index (χ2n) is 2.75. The van der Waals surface area contributed by atoms with Gasteiger partial charge in [0.15, 0.2) is 0 Å². The Morgan fingerprint density at radius 3 is 2.44 bits per heavy atom. The molecular weight excluding hydrogens is 128 g/mol. The summed E-state index contributed by atoms with van der Waals surface area (Å²) in [6.07, 6.45) is 7.36. The lowest BCUT2D eigenvalue weighted by Gasteiger charge is -2.24. The van der Waals surface area contributed by atoms with Gasteiger partial charge in [0.1, 0.15) is 0 Å². The largest absolute Gasteiger partial charge is 0.175 e. The van der Waals surface area contributed by atoms with Crippen LogP contribution in [0.15, 0.2) is 12.7 Å². The zero-order chi connectivity index (χ0) is 6.69. The van der Waals surface area contributed by atoms with Crippen LogP contribution in [0, 0.1) is 5.92 Å². The van der Waals surface area contributed by atoms with Crippen LogP contribution in [0.3, 0.4) is 0 Å². The minimum atomic E-state index is 0.594. The molecule has 0 radical (unpaired) electrons. The van der Waals surface area contributed by atoms with Crippen molar-refractivity contribution in [3.05, 3.63) is 12.7 Å². The second kappa shape index (κ2) is 3.31. The third-order valence-electron chi connectivity index (χ3n) is 2.08. The van der Waals surface area contributed by atoms with Crippen LogP contribution < -0.4 is 0 Å². The topological polar surface area (TPSA) is 0 Å². The van der Waals surface area contributed by atoms with Crippen LogP contribution in [0.25, 0.3) is 0 Å². The Labute approximate surface area is 62.8 Å². The fourth-order valence-electron chi connectivity index (χ4n) is 1.41. The molecule has 1 rings (SSSR count). The maximum absolute atomic E-state index is 4.47. The summed E-state index contributed by atoms with van der Waals surface area (Å²) < 4.78 is 0. The van der Waals surface area contributed by atoms with Crippen LogP contribution in [-0.4, -0.2) is 5.25 Å². The summed E-state index contributed by atoms with van der Waals surface area (Å²) in [5.41, 5.74) is 0. The molecule has 0 aromatic rings. The van der Waals surface area contributed by atoms with Crippen LogP contribution in [0.1, 0.15) is 25.7 Å². The fourth-order valence-corrected chi connectivity index (χ4v) is 1.87. The van der Waals surface area contributed by atoms with Crippen molar-refractivity contribution in [3.8, 4) is 0 Å². The van der Waals surface area contributed by atoms with Crippen molar-refractivity contribution in [2.75, 3.05) is 0 Å². The molecule has 0 heterocycles. The molecule has 2 unspecified atom stereocenters. The van der Waals surface area contributed by atoms with E-state index in [4.69, 9.17) is 0 Å². The van der Waals surface area contributed by atoms with E-state index in [1.807, 2.05) is 0 Å². The Hall–Kier alpha value is 0.0900. The number of thiol groups is 1. The lowest BCUT2D eigenvalue weighted by molar-refractivity contribution is 0.434. The Bertz CT molecular complexity index is 98.7. The minimum absolute atomic E-state index is 0.594. The number of hydrogen-bond donors (Lipinski definition) is 1. The fraction of sp³-hybridized carbons (Fsp3) is 0.750. The molecule has 0 bridgehead atoms. The Morgan fingerprint density at radius 1 is 1.33 bits per heavy atom. The van der Waals surface area contributed by atoms with Crippen LogP contribution in [0.2, 0.25) is 0 Å². The standard InChI is InChI=1S/C8H14S/c1-2-7-5-3-4-6-8(7)9/h2,7-9H,1,3-6H2. The monoisotopic (exact) mass is 142 g/mol. The predicted octanol–water partition coefficient (Wildman–Crippen LogP) is 2.66. The summed E-state index contributed by atoms with van der Waals surface area (Å²) in [4.78, 5) is 0. The van der Waals surface area contributed by atoms with E-state index in [1.165, 1.54) is 25.7 Å². The predicted molar refractivity (Wildman–Crippen MR) is 44.9 cm³/mol. The summed E-state index contributed by atoms with van der Waals surface area (Å²) in [7, 11) is 0. The molecular formula is C8H14S. The van der Waals surface area contributed by atoms with Gasteiger partial charge in [-0.05, 0) is 18.8 Å². The van der Waals surface area contributed by atoms with Crippen molar-refractivity contribution in [3.63, 3.8) is 0 Å². The van der Waals surface area contributed by atoms with Crippen molar-refractivity contribution in [2.45, 2.75) is 30.9 Å². The van der Waals surface area contributed by atoms with Gasteiger partial charge in [0.05, 0.1) is 0 Å². The first-order valence-electron chi connectivity index (χ1n) is 3.65. The summed E-state index contributed by atoms with van der Waals surface area (Å²) >= 11 is 4.47. The van der Waals surface area contributed by atoms with Gasteiger partial charge in [0, 0.05) is 5.25 Å². The van der Waals surface area contributed by atoms with Crippen molar-refractivity contribution in [1.29, 1.82) is 0 Å². The summed E-state index contributed by atoms with van der Waals surface area (Å²) in [5, 5.41) is 0.594. The van der Waals surface area contributed by atoms with E-state index in [0.29, 0.717) is 11.2 Å². The number of hydrogen-bond acceptors (Lipinski definition) is 1. The molecule has 1 aliphatic carbocycles. The van der Waals surface area contributed by atoms with Gasteiger partial charge in [-0.25, -0.2) is 0 Å². The molecule has 0 aliphatic heterocycles. The third kappa shape index (κ3) is 1.75. The molecule has 1 heteroatoms. The van der Waals surface area contributed by atoms with Gasteiger partial charge in [-0.3, -0.25) is 0 Å². The van der Waals surface area contributed by atoms with Crippen molar-refractivity contribution < 1.29 is 0 Å². The van der Waals surface area contributed by atoms with Gasteiger partial charge in [0.2, 0.25) is 0 Å². The van der Waals surface area contributed by atoms with E-state index in [1.54, 1.807) is 0 Å². The highest BCUT2D eigenvalue weighted by molar-refractivity contribution is 7.81. The number of allylic oxidation sites excluding steroid dienone is 1. The zero-order valence-corrected chi connectivity index (χ0v) is 6.61. The molecule has 52 valence electrons. The second-order valence-corrected chi connectivity index (χ2v) is 3.41. The first kappa shape index (κ1) is 7.20. The van der Waals surface area contributed by atoms with Gasteiger partial charge >= 0.3 is 0 Å². The quantitative estimate of drug-likeness (QED) is 0.422. The Balaban J connectivity index is 2.38. The smallest absolute Gasteiger partial charge is 0.00795 e. The van der Waals surface area contributed by atoms with Crippen LogP contribution in [-0.2, 0) is 0 Å². The highest BCUT2D eigenvalue weighted by Gasteiger charge is 2.18. The molecule has 2 atom stereocenters. The summed E-state index contributed by atoms with van der Waals surface area (Å²) in [6.45, 7) is 3.79. The lowest BCUT2D eigenvalue weighted by Crippen LogP contribution is -2.16. The van der Waals surface area contributed by atoms with Crippen LogP contribution >= 0.6 is 12.6 Å². The average molecular weight is 142 g/mol. The Morgan fingerprint density at radius 2 is 2.00 bits per heavy atom. The van der Waals surface area contributed by atoms with E-state index in [2.05, 4.69) is 25.3 Å². The SMILES string of the molecule is C=CC1CCCCC1S. The van der Waals surface area contributed by atoms with E-state index in [9.17, 15) is 0 Å². The van der Waals surface area contributed by atoms with Gasteiger partial charge < -0.3 is 0 Å².